The van der Waals surface area contributed by atoms with E-state index in [4.69, 9.17) is 0 Å². The van der Waals surface area contributed by atoms with E-state index in [1.54, 1.807) is 0 Å². The number of ketones is 1. The maximum atomic E-state index is 13.7. The molecule has 23 heavy (non-hydrogen) atoms. The Kier molecular flexibility index (Phi) is 2.76. The molecular weight excluding hydrogens is 296 g/mol. The standard InChI is InChI=1S/C19H21F2NO/c20-15-4-13-14(9-22-17(13)5-16(15)21)18(23)19-6-10-1-11(7-19)3-12(2-10)8-19/h4-5,10-12,14,22H,1-3,6-9H2. The molecule has 122 valence electrons. The van der Waals surface area contributed by atoms with E-state index >= 15 is 0 Å². The van der Waals surface area contributed by atoms with E-state index in [1.165, 1.54) is 31.4 Å². The molecule has 5 aliphatic rings. The zero-order chi connectivity index (χ0) is 15.8. The number of carbonyl (C=O) groups is 1. The summed E-state index contributed by atoms with van der Waals surface area (Å²) in [4.78, 5) is 13.4. The van der Waals surface area contributed by atoms with Crippen LogP contribution in [0.2, 0.25) is 0 Å². The summed E-state index contributed by atoms with van der Waals surface area (Å²) in [7, 11) is 0. The lowest BCUT2D eigenvalue weighted by atomic mass is 9.47. The molecular formula is C19H21F2NO. The van der Waals surface area contributed by atoms with Gasteiger partial charge in [0, 0.05) is 23.7 Å². The highest BCUT2D eigenvalue weighted by Crippen LogP contribution is 2.61. The van der Waals surface area contributed by atoms with Crippen LogP contribution in [0.3, 0.4) is 0 Å². The Hall–Kier alpha value is -1.45. The number of benzene rings is 1. The van der Waals surface area contributed by atoms with Gasteiger partial charge in [-0.1, -0.05) is 0 Å². The van der Waals surface area contributed by atoms with Crippen molar-refractivity contribution >= 4 is 11.5 Å². The quantitative estimate of drug-likeness (QED) is 0.883. The molecule has 1 aliphatic heterocycles. The van der Waals surface area contributed by atoms with Gasteiger partial charge in [0.05, 0.1) is 5.92 Å². The predicted octanol–water partition coefficient (Wildman–Crippen LogP) is 4.26. The molecule has 4 saturated carbocycles. The lowest BCUT2D eigenvalue weighted by Gasteiger charge is -2.56. The highest BCUT2D eigenvalue weighted by Gasteiger charge is 2.56. The first kappa shape index (κ1) is 13.9. The fourth-order valence-electron chi connectivity index (χ4n) is 6.34. The van der Waals surface area contributed by atoms with E-state index in [0.29, 0.717) is 35.5 Å². The minimum absolute atomic E-state index is 0.187. The van der Waals surface area contributed by atoms with Crippen molar-refractivity contribution in [2.45, 2.75) is 44.4 Å². The molecule has 4 fully saturated rings. The summed E-state index contributed by atoms with van der Waals surface area (Å²) in [6.07, 6.45) is 6.96. The smallest absolute Gasteiger partial charge is 0.160 e. The normalized spacial score (nSPS) is 40.1. The molecule has 0 amide bonds. The first-order valence-electron chi connectivity index (χ1n) is 8.81. The summed E-state index contributed by atoms with van der Waals surface area (Å²) in [6, 6.07) is 2.42. The second kappa shape index (κ2) is 4.55. The van der Waals surface area contributed by atoms with Crippen molar-refractivity contribution in [2.75, 3.05) is 11.9 Å². The Morgan fingerprint density at radius 1 is 1.00 bits per heavy atom. The second-order valence-corrected chi connectivity index (χ2v) is 8.35. The summed E-state index contributed by atoms with van der Waals surface area (Å²) in [6.45, 7) is 0.485. The summed E-state index contributed by atoms with van der Waals surface area (Å²) < 4.78 is 27.1. The first-order valence-corrected chi connectivity index (χ1v) is 8.81. The molecule has 0 radical (unpaired) electrons. The highest BCUT2D eigenvalue weighted by atomic mass is 19.2. The minimum Gasteiger partial charge on any atom is -0.384 e. The molecule has 0 spiro atoms. The molecule has 2 nitrogen and oxygen atoms in total. The summed E-state index contributed by atoms with van der Waals surface area (Å²) in [5, 5.41) is 3.10. The van der Waals surface area contributed by atoms with Gasteiger partial charge in [0.2, 0.25) is 0 Å². The fourth-order valence-corrected chi connectivity index (χ4v) is 6.34. The van der Waals surface area contributed by atoms with Crippen molar-refractivity contribution in [2.24, 2.45) is 23.2 Å². The number of rotatable bonds is 2. The first-order chi connectivity index (χ1) is 11.0. The number of nitrogens with one attached hydrogen (secondary N) is 1. The topological polar surface area (TPSA) is 29.1 Å². The van der Waals surface area contributed by atoms with Crippen molar-refractivity contribution in [1.29, 1.82) is 0 Å². The van der Waals surface area contributed by atoms with Crippen LogP contribution in [0.25, 0.3) is 0 Å². The van der Waals surface area contributed by atoms with E-state index in [1.807, 2.05) is 0 Å². The Balaban J connectivity index is 1.50. The van der Waals surface area contributed by atoms with Gasteiger partial charge in [-0.05, 0) is 67.9 Å². The van der Waals surface area contributed by atoms with Gasteiger partial charge in [0.25, 0.3) is 0 Å². The van der Waals surface area contributed by atoms with Crippen LogP contribution in [-0.4, -0.2) is 12.3 Å². The van der Waals surface area contributed by atoms with Gasteiger partial charge in [-0.25, -0.2) is 8.78 Å². The van der Waals surface area contributed by atoms with Crippen LogP contribution in [-0.2, 0) is 4.79 Å². The minimum atomic E-state index is -0.851. The SMILES string of the molecule is O=C(C1CNc2cc(F)c(F)cc21)C12CC3CC(CC(C3)C1)C2. The van der Waals surface area contributed by atoms with Gasteiger partial charge in [-0.15, -0.1) is 0 Å². The van der Waals surface area contributed by atoms with Crippen LogP contribution in [0.4, 0.5) is 14.5 Å². The molecule has 1 aromatic rings. The largest absolute Gasteiger partial charge is 0.384 e. The number of Topliss-reactive ketones (excluding diaryl/α,β-unsaturated/α-hetero) is 1. The average molecular weight is 317 g/mol. The Bertz CT molecular complexity index is 664. The predicted molar refractivity (Wildman–Crippen MR) is 83.2 cm³/mol. The number of fused-ring (bicyclic) bond motifs is 1. The Morgan fingerprint density at radius 3 is 2.17 bits per heavy atom. The van der Waals surface area contributed by atoms with Crippen molar-refractivity contribution < 1.29 is 13.6 Å². The van der Waals surface area contributed by atoms with E-state index in [2.05, 4.69) is 5.32 Å². The third kappa shape index (κ3) is 1.93. The fraction of sp³-hybridized carbons (Fsp3) is 0.632. The molecule has 0 saturated heterocycles. The van der Waals surface area contributed by atoms with Crippen LogP contribution < -0.4 is 5.32 Å². The van der Waals surface area contributed by atoms with Gasteiger partial charge in [0.15, 0.2) is 11.6 Å². The number of hydrogen-bond donors (Lipinski definition) is 1. The number of halogens is 2. The summed E-state index contributed by atoms with van der Waals surface area (Å²) in [5.74, 6) is 0.414. The van der Waals surface area contributed by atoms with Crippen LogP contribution >= 0.6 is 0 Å². The number of hydrogen-bond acceptors (Lipinski definition) is 2. The average Bonchev–Trinajstić information content (AvgIpc) is 2.88. The third-order valence-electron chi connectivity index (χ3n) is 6.84. The van der Waals surface area contributed by atoms with Crippen LogP contribution in [0, 0.1) is 34.8 Å². The van der Waals surface area contributed by atoms with E-state index in [9.17, 15) is 13.6 Å². The Morgan fingerprint density at radius 2 is 1.57 bits per heavy atom. The molecule has 6 rings (SSSR count). The number of anilines is 1. The third-order valence-corrected chi connectivity index (χ3v) is 6.84. The van der Waals surface area contributed by atoms with Gasteiger partial charge in [0.1, 0.15) is 5.78 Å². The molecule has 1 N–H and O–H groups in total. The van der Waals surface area contributed by atoms with Crippen LogP contribution in [0.5, 0.6) is 0 Å². The van der Waals surface area contributed by atoms with Gasteiger partial charge in [-0.2, -0.15) is 0 Å². The Labute approximate surface area is 134 Å². The molecule has 1 unspecified atom stereocenters. The van der Waals surface area contributed by atoms with Crippen molar-refractivity contribution in [3.8, 4) is 0 Å². The molecule has 1 aromatic carbocycles. The lowest BCUT2D eigenvalue weighted by molar-refractivity contribution is -0.145. The molecule has 0 aromatic heterocycles. The van der Waals surface area contributed by atoms with Crippen molar-refractivity contribution in [3.05, 3.63) is 29.3 Å². The zero-order valence-corrected chi connectivity index (χ0v) is 13.1. The van der Waals surface area contributed by atoms with E-state index < -0.39 is 11.6 Å². The highest BCUT2D eigenvalue weighted by molar-refractivity contribution is 5.94. The van der Waals surface area contributed by atoms with E-state index in [-0.39, 0.29) is 17.1 Å². The molecule has 1 atom stereocenters. The monoisotopic (exact) mass is 317 g/mol. The second-order valence-electron chi connectivity index (χ2n) is 8.35. The maximum Gasteiger partial charge on any atom is 0.160 e. The molecule has 4 aliphatic carbocycles. The van der Waals surface area contributed by atoms with Crippen molar-refractivity contribution in [3.63, 3.8) is 0 Å². The van der Waals surface area contributed by atoms with Gasteiger partial charge >= 0.3 is 0 Å². The molecule has 1 heterocycles. The van der Waals surface area contributed by atoms with Crippen molar-refractivity contribution in [1.82, 2.24) is 0 Å². The molecule has 4 heteroatoms. The summed E-state index contributed by atoms with van der Waals surface area (Å²) >= 11 is 0. The maximum absolute atomic E-state index is 13.7. The molecule has 4 bridgehead atoms. The number of carbonyl (C=O) groups excluding carboxylic acids is 1. The lowest BCUT2D eigenvalue weighted by Crippen LogP contribution is -2.51. The van der Waals surface area contributed by atoms with Crippen LogP contribution in [0.1, 0.15) is 50.0 Å². The van der Waals surface area contributed by atoms with E-state index in [0.717, 1.165) is 19.3 Å². The zero-order valence-electron chi connectivity index (χ0n) is 13.1. The van der Waals surface area contributed by atoms with Gasteiger partial charge < -0.3 is 5.32 Å². The van der Waals surface area contributed by atoms with Crippen LogP contribution in [0.15, 0.2) is 12.1 Å². The summed E-state index contributed by atoms with van der Waals surface area (Å²) in [5.41, 5.74) is 1.06. The van der Waals surface area contributed by atoms with Gasteiger partial charge in [-0.3, -0.25) is 4.79 Å².